The molecule has 0 fully saturated rings. The number of nitrogens with zero attached hydrogens (tertiary/aromatic N) is 5. The second-order valence-electron chi connectivity index (χ2n) is 6.14. The number of methoxy groups -OCH3 is 1. The molecule has 28 heavy (non-hydrogen) atoms. The minimum absolute atomic E-state index is 0.105. The van der Waals surface area contributed by atoms with Crippen molar-refractivity contribution in [3.63, 3.8) is 0 Å². The molecule has 0 spiro atoms. The van der Waals surface area contributed by atoms with Crippen LogP contribution in [0.1, 0.15) is 11.4 Å². The van der Waals surface area contributed by atoms with E-state index in [1.165, 1.54) is 22.5 Å². The molecule has 9 heteroatoms. The van der Waals surface area contributed by atoms with Gasteiger partial charge in [-0.2, -0.15) is 0 Å². The summed E-state index contributed by atoms with van der Waals surface area (Å²) >= 11 is 1.37. The molecule has 8 nitrogen and oxygen atoms in total. The molecule has 0 saturated carbocycles. The van der Waals surface area contributed by atoms with Crippen LogP contribution in [0.25, 0.3) is 17.0 Å². The molecule has 4 aromatic rings. The Kier molecular flexibility index (Phi) is 4.74. The fraction of sp³-hybridized carbons (Fsp3) is 0.158. The molecule has 0 unspecified atom stereocenters. The SMILES string of the molecule is COc1ccc(-c2nnc(SCc3cc(=O)n4c(C)cccc4n3)n2N)cc1. The first-order chi connectivity index (χ1) is 13.6. The summed E-state index contributed by atoms with van der Waals surface area (Å²) in [4.78, 5) is 16.9. The summed E-state index contributed by atoms with van der Waals surface area (Å²) < 4.78 is 8.18. The highest BCUT2D eigenvalue weighted by atomic mass is 32.2. The van der Waals surface area contributed by atoms with E-state index in [1.807, 2.05) is 49.4 Å². The molecule has 3 heterocycles. The molecule has 0 saturated heterocycles. The minimum Gasteiger partial charge on any atom is -0.497 e. The van der Waals surface area contributed by atoms with Crippen LogP contribution in [-0.4, -0.2) is 31.4 Å². The van der Waals surface area contributed by atoms with Crippen LogP contribution in [0.4, 0.5) is 0 Å². The van der Waals surface area contributed by atoms with E-state index < -0.39 is 0 Å². The topological polar surface area (TPSA) is 100 Å². The van der Waals surface area contributed by atoms with Crippen LogP contribution in [0.15, 0.2) is 58.5 Å². The monoisotopic (exact) mass is 394 g/mol. The third-order valence-electron chi connectivity index (χ3n) is 4.30. The van der Waals surface area contributed by atoms with Gasteiger partial charge in [0.1, 0.15) is 11.4 Å². The molecule has 0 aliphatic carbocycles. The van der Waals surface area contributed by atoms with E-state index in [2.05, 4.69) is 15.2 Å². The van der Waals surface area contributed by atoms with Crippen molar-refractivity contribution < 1.29 is 4.74 Å². The lowest BCUT2D eigenvalue weighted by Gasteiger charge is -2.07. The van der Waals surface area contributed by atoms with E-state index in [4.69, 9.17) is 10.6 Å². The Labute approximate surface area is 165 Å². The van der Waals surface area contributed by atoms with Crippen molar-refractivity contribution in [3.05, 3.63) is 70.3 Å². The largest absolute Gasteiger partial charge is 0.497 e. The molecule has 0 aliphatic rings. The number of nitrogen functional groups attached to an aromatic ring is 1. The van der Waals surface area contributed by atoms with E-state index in [0.29, 0.717) is 28.1 Å². The Morgan fingerprint density at radius 2 is 1.93 bits per heavy atom. The van der Waals surface area contributed by atoms with Gasteiger partial charge in [0.05, 0.1) is 12.8 Å². The average molecular weight is 394 g/mol. The molecule has 0 bridgehead atoms. The number of rotatable bonds is 5. The molecule has 0 aliphatic heterocycles. The summed E-state index contributed by atoms with van der Waals surface area (Å²) in [6.07, 6.45) is 0. The van der Waals surface area contributed by atoms with Gasteiger partial charge in [0.25, 0.3) is 5.56 Å². The second kappa shape index (κ2) is 7.35. The van der Waals surface area contributed by atoms with Gasteiger partial charge in [-0.05, 0) is 43.3 Å². The zero-order valence-corrected chi connectivity index (χ0v) is 16.2. The lowest BCUT2D eigenvalue weighted by Crippen LogP contribution is -2.17. The average Bonchev–Trinajstić information content (AvgIpc) is 3.06. The highest BCUT2D eigenvalue weighted by Crippen LogP contribution is 2.25. The molecule has 1 aromatic carbocycles. The van der Waals surface area contributed by atoms with Crippen LogP contribution in [0.3, 0.4) is 0 Å². The Bertz CT molecular complexity index is 1200. The summed E-state index contributed by atoms with van der Waals surface area (Å²) in [6.45, 7) is 1.88. The maximum Gasteiger partial charge on any atom is 0.258 e. The number of aromatic nitrogens is 5. The first-order valence-electron chi connectivity index (χ1n) is 8.53. The number of nitrogens with two attached hydrogens (primary N) is 1. The molecule has 0 radical (unpaired) electrons. The zero-order valence-electron chi connectivity index (χ0n) is 15.4. The summed E-state index contributed by atoms with van der Waals surface area (Å²) in [7, 11) is 1.61. The van der Waals surface area contributed by atoms with Crippen molar-refractivity contribution in [2.24, 2.45) is 0 Å². The van der Waals surface area contributed by atoms with Crippen molar-refractivity contribution in [1.82, 2.24) is 24.3 Å². The van der Waals surface area contributed by atoms with Gasteiger partial charge in [0, 0.05) is 23.1 Å². The van der Waals surface area contributed by atoms with Crippen molar-refractivity contribution in [3.8, 4) is 17.1 Å². The van der Waals surface area contributed by atoms with Crippen LogP contribution in [0.2, 0.25) is 0 Å². The summed E-state index contributed by atoms with van der Waals surface area (Å²) in [6, 6.07) is 14.5. The first kappa shape index (κ1) is 18.1. The molecule has 2 N–H and O–H groups in total. The Balaban J connectivity index is 1.56. The predicted octanol–water partition coefficient (Wildman–Crippen LogP) is 2.28. The minimum atomic E-state index is -0.105. The first-order valence-corrected chi connectivity index (χ1v) is 9.51. The van der Waals surface area contributed by atoms with Crippen LogP contribution < -0.4 is 16.1 Å². The van der Waals surface area contributed by atoms with E-state index in [1.54, 1.807) is 11.5 Å². The van der Waals surface area contributed by atoms with E-state index in [-0.39, 0.29) is 5.56 Å². The highest BCUT2D eigenvalue weighted by Gasteiger charge is 2.13. The number of fused-ring (bicyclic) bond motifs is 1. The maximum atomic E-state index is 12.4. The van der Waals surface area contributed by atoms with Gasteiger partial charge >= 0.3 is 0 Å². The Morgan fingerprint density at radius 3 is 2.68 bits per heavy atom. The molecule has 0 amide bonds. The number of ether oxygens (including phenoxy) is 1. The third kappa shape index (κ3) is 3.31. The molecule has 142 valence electrons. The van der Waals surface area contributed by atoms with Crippen LogP contribution >= 0.6 is 11.8 Å². The summed E-state index contributed by atoms with van der Waals surface area (Å²) in [5.41, 5.74) is 2.86. The predicted molar refractivity (Wildman–Crippen MR) is 108 cm³/mol. The molecular weight excluding hydrogens is 376 g/mol. The smallest absolute Gasteiger partial charge is 0.258 e. The lowest BCUT2D eigenvalue weighted by atomic mass is 10.2. The van der Waals surface area contributed by atoms with Gasteiger partial charge in [-0.15, -0.1) is 10.2 Å². The second-order valence-corrected chi connectivity index (χ2v) is 7.08. The standard InChI is InChI=1S/C19H18N6O2S/c1-12-4-3-5-16-21-14(10-17(26)24(12)16)11-28-19-23-22-18(25(19)20)13-6-8-15(27-2)9-7-13/h3-10H,11,20H2,1-2H3. The number of pyridine rings is 1. The van der Waals surface area contributed by atoms with Crippen LogP contribution in [0, 0.1) is 6.92 Å². The third-order valence-corrected chi connectivity index (χ3v) is 5.27. The van der Waals surface area contributed by atoms with Crippen LogP contribution in [-0.2, 0) is 5.75 Å². The van der Waals surface area contributed by atoms with Crippen molar-refractivity contribution in [1.29, 1.82) is 0 Å². The lowest BCUT2D eigenvalue weighted by molar-refractivity contribution is 0.415. The maximum absolute atomic E-state index is 12.4. The normalized spacial score (nSPS) is 11.1. The Morgan fingerprint density at radius 1 is 1.14 bits per heavy atom. The molecule has 0 atom stereocenters. The highest BCUT2D eigenvalue weighted by molar-refractivity contribution is 7.98. The van der Waals surface area contributed by atoms with Gasteiger partial charge in [0.2, 0.25) is 5.16 Å². The molecule has 3 aromatic heterocycles. The summed E-state index contributed by atoms with van der Waals surface area (Å²) in [5, 5.41) is 8.87. The number of thioether (sulfide) groups is 1. The van der Waals surface area contributed by atoms with Crippen molar-refractivity contribution in [2.45, 2.75) is 17.8 Å². The van der Waals surface area contributed by atoms with Crippen LogP contribution in [0.5, 0.6) is 5.75 Å². The van der Waals surface area contributed by atoms with Gasteiger partial charge in [0.15, 0.2) is 5.82 Å². The van der Waals surface area contributed by atoms with E-state index >= 15 is 0 Å². The molecular formula is C19H18N6O2S. The van der Waals surface area contributed by atoms with E-state index in [0.717, 1.165) is 17.0 Å². The Hall–Kier alpha value is -3.33. The fourth-order valence-corrected chi connectivity index (χ4v) is 3.64. The number of aryl methyl sites for hydroxylation is 1. The van der Waals surface area contributed by atoms with Crippen molar-refractivity contribution >= 4 is 17.4 Å². The van der Waals surface area contributed by atoms with Gasteiger partial charge in [-0.1, -0.05) is 17.8 Å². The number of hydrogen-bond donors (Lipinski definition) is 1. The zero-order chi connectivity index (χ0) is 19.7. The fourth-order valence-electron chi connectivity index (χ4n) is 2.89. The number of benzene rings is 1. The number of hydrogen-bond acceptors (Lipinski definition) is 7. The van der Waals surface area contributed by atoms with Gasteiger partial charge in [-0.3, -0.25) is 9.20 Å². The molecule has 4 rings (SSSR count). The summed E-state index contributed by atoms with van der Waals surface area (Å²) in [5.74, 6) is 7.92. The quantitative estimate of drug-likeness (QED) is 0.409. The van der Waals surface area contributed by atoms with Crippen molar-refractivity contribution in [2.75, 3.05) is 13.0 Å². The van der Waals surface area contributed by atoms with Gasteiger partial charge in [-0.25, -0.2) is 9.66 Å². The van der Waals surface area contributed by atoms with E-state index in [9.17, 15) is 4.79 Å². The van der Waals surface area contributed by atoms with Gasteiger partial charge < -0.3 is 10.6 Å².